The molecule has 1 heterocycles. The van der Waals surface area contributed by atoms with Gasteiger partial charge in [0.05, 0.1) is 17.9 Å². The average molecular weight is 204 g/mol. The minimum Gasteiger partial charge on any atom is -0.374 e. The van der Waals surface area contributed by atoms with Gasteiger partial charge in [-0.2, -0.15) is 0 Å². The number of carbonyl (C=O) groups is 1. The maximum absolute atomic E-state index is 11.7. The monoisotopic (exact) mass is 204 g/mol. The molecule has 15 heavy (non-hydrogen) atoms. The Kier molecular flexibility index (Phi) is 2.39. The van der Waals surface area contributed by atoms with Crippen LogP contribution in [0.15, 0.2) is 12.1 Å². The number of aryl methyl sites for hydroxylation is 2. The summed E-state index contributed by atoms with van der Waals surface area (Å²) in [5.41, 5.74) is 4.50. The molecule has 0 saturated carbocycles. The third-order valence-electron chi connectivity index (χ3n) is 2.76. The molecule has 1 N–H and O–H groups in total. The van der Waals surface area contributed by atoms with Crippen LogP contribution in [0, 0.1) is 13.8 Å². The SMILES string of the molecule is CCN1C(=O)CNc2cc(C)cc(C)c21. The van der Waals surface area contributed by atoms with E-state index in [1.165, 1.54) is 5.56 Å². The lowest BCUT2D eigenvalue weighted by Crippen LogP contribution is -2.40. The second-order valence-electron chi connectivity index (χ2n) is 3.97. The van der Waals surface area contributed by atoms with Crippen molar-refractivity contribution < 1.29 is 4.79 Å². The highest BCUT2D eigenvalue weighted by molar-refractivity contribution is 6.03. The van der Waals surface area contributed by atoms with E-state index in [0.29, 0.717) is 6.54 Å². The highest BCUT2D eigenvalue weighted by Crippen LogP contribution is 2.33. The van der Waals surface area contributed by atoms with Crippen molar-refractivity contribution in [3.05, 3.63) is 23.3 Å². The molecule has 0 radical (unpaired) electrons. The van der Waals surface area contributed by atoms with E-state index in [1.807, 2.05) is 11.8 Å². The molecule has 0 atom stereocenters. The second kappa shape index (κ2) is 3.57. The smallest absolute Gasteiger partial charge is 0.246 e. The van der Waals surface area contributed by atoms with Crippen molar-refractivity contribution in [1.82, 2.24) is 0 Å². The largest absolute Gasteiger partial charge is 0.374 e. The van der Waals surface area contributed by atoms with Crippen molar-refractivity contribution in [2.24, 2.45) is 0 Å². The Bertz CT molecular complexity index is 412. The quantitative estimate of drug-likeness (QED) is 0.759. The maximum Gasteiger partial charge on any atom is 0.246 e. The highest BCUT2D eigenvalue weighted by atomic mass is 16.2. The molecule has 0 saturated heterocycles. The van der Waals surface area contributed by atoms with Gasteiger partial charge < -0.3 is 10.2 Å². The van der Waals surface area contributed by atoms with Gasteiger partial charge in [0.15, 0.2) is 0 Å². The molecule has 1 aliphatic heterocycles. The lowest BCUT2D eigenvalue weighted by atomic mass is 10.1. The summed E-state index contributed by atoms with van der Waals surface area (Å²) in [5.74, 6) is 0.150. The van der Waals surface area contributed by atoms with Gasteiger partial charge in [0.2, 0.25) is 5.91 Å². The number of nitrogens with zero attached hydrogens (tertiary/aromatic N) is 1. The molecule has 80 valence electrons. The van der Waals surface area contributed by atoms with Crippen molar-refractivity contribution >= 4 is 17.3 Å². The average Bonchev–Trinajstić information content (AvgIpc) is 2.18. The summed E-state index contributed by atoms with van der Waals surface area (Å²) in [6.45, 7) is 7.27. The molecule has 0 spiro atoms. The molecular weight excluding hydrogens is 188 g/mol. The van der Waals surface area contributed by atoms with Crippen LogP contribution in [0.2, 0.25) is 0 Å². The van der Waals surface area contributed by atoms with Crippen LogP contribution in [-0.2, 0) is 4.79 Å². The van der Waals surface area contributed by atoms with Crippen LogP contribution in [0.1, 0.15) is 18.1 Å². The number of nitrogens with one attached hydrogen (secondary N) is 1. The Morgan fingerprint density at radius 1 is 1.40 bits per heavy atom. The van der Waals surface area contributed by atoms with Crippen molar-refractivity contribution in [3.8, 4) is 0 Å². The van der Waals surface area contributed by atoms with E-state index in [-0.39, 0.29) is 5.91 Å². The topological polar surface area (TPSA) is 32.3 Å². The normalized spacial score (nSPS) is 14.9. The zero-order chi connectivity index (χ0) is 11.0. The van der Waals surface area contributed by atoms with Gasteiger partial charge in [0, 0.05) is 6.54 Å². The van der Waals surface area contributed by atoms with Crippen LogP contribution in [0.4, 0.5) is 11.4 Å². The Labute approximate surface area is 90.1 Å². The number of hydrogen-bond donors (Lipinski definition) is 1. The maximum atomic E-state index is 11.7. The lowest BCUT2D eigenvalue weighted by Gasteiger charge is -2.31. The molecular formula is C12H16N2O. The summed E-state index contributed by atoms with van der Waals surface area (Å²) in [7, 11) is 0. The van der Waals surface area contributed by atoms with Gasteiger partial charge in [-0.05, 0) is 38.0 Å². The summed E-state index contributed by atoms with van der Waals surface area (Å²) in [5, 5.41) is 3.17. The molecule has 0 unspecified atom stereocenters. The molecule has 3 heteroatoms. The van der Waals surface area contributed by atoms with E-state index in [4.69, 9.17) is 0 Å². The van der Waals surface area contributed by atoms with Crippen molar-refractivity contribution in [1.29, 1.82) is 0 Å². The zero-order valence-electron chi connectivity index (χ0n) is 9.42. The standard InChI is InChI=1S/C12H16N2O/c1-4-14-11(15)7-13-10-6-8(2)5-9(3)12(10)14/h5-6,13H,4,7H2,1-3H3. The molecule has 1 aromatic carbocycles. The third kappa shape index (κ3) is 1.58. The van der Waals surface area contributed by atoms with Crippen molar-refractivity contribution in [2.45, 2.75) is 20.8 Å². The fraction of sp³-hybridized carbons (Fsp3) is 0.417. The van der Waals surface area contributed by atoms with Crippen molar-refractivity contribution in [2.75, 3.05) is 23.3 Å². The molecule has 0 bridgehead atoms. The van der Waals surface area contributed by atoms with E-state index in [1.54, 1.807) is 0 Å². The zero-order valence-corrected chi connectivity index (χ0v) is 9.42. The Balaban J connectivity index is 2.57. The molecule has 1 aromatic rings. The van der Waals surface area contributed by atoms with Crippen molar-refractivity contribution in [3.63, 3.8) is 0 Å². The van der Waals surface area contributed by atoms with Gasteiger partial charge in [-0.1, -0.05) is 6.07 Å². The van der Waals surface area contributed by atoms with Crippen LogP contribution >= 0.6 is 0 Å². The van der Waals surface area contributed by atoms with E-state index < -0.39 is 0 Å². The summed E-state index contributed by atoms with van der Waals surface area (Å²) < 4.78 is 0. The first-order valence-electron chi connectivity index (χ1n) is 5.29. The minimum absolute atomic E-state index is 0.150. The van der Waals surface area contributed by atoms with Gasteiger partial charge >= 0.3 is 0 Å². The number of amides is 1. The molecule has 0 fully saturated rings. The summed E-state index contributed by atoms with van der Waals surface area (Å²) in [4.78, 5) is 13.5. The van der Waals surface area contributed by atoms with Crippen LogP contribution < -0.4 is 10.2 Å². The first-order chi connectivity index (χ1) is 7.13. The molecule has 2 rings (SSSR count). The summed E-state index contributed by atoms with van der Waals surface area (Å²) in [6, 6.07) is 4.21. The van der Waals surface area contributed by atoms with E-state index in [2.05, 4.69) is 31.3 Å². The fourth-order valence-electron chi connectivity index (χ4n) is 2.18. The number of carbonyl (C=O) groups excluding carboxylic acids is 1. The third-order valence-corrected chi connectivity index (χ3v) is 2.76. The number of benzene rings is 1. The predicted molar refractivity (Wildman–Crippen MR) is 62.4 cm³/mol. The fourth-order valence-corrected chi connectivity index (χ4v) is 2.18. The van der Waals surface area contributed by atoms with Gasteiger partial charge in [0.1, 0.15) is 0 Å². The van der Waals surface area contributed by atoms with Crippen LogP contribution in [0.5, 0.6) is 0 Å². The Hall–Kier alpha value is -1.51. The van der Waals surface area contributed by atoms with Gasteiger partial charge in [-0.3, -0.25) is 4.79 Å². The number of likely N-dealkylation sites (N-methyl/N-ethyl adjacent to an activating group) is 1. The highest BCUT2D eigenvalue weighted by Gasteiger charge is 2.23. The van der Waals surface area contributed by atoms with E-state index >= 15 is 0 Å². The predicted octanol–water partition coefficient (Wildman–Crippen LogP) is 2.08. The molecule has 0 aliphatic carbocycles. The minimum atomic E-state index is 0.150. The van der Waals surface area contributed by atoms with E-state index in [0.717, 1.165) is 23.5 Å². The molecule has 1 aliphatic rings. The number of rotatable bonds is 1. The number of fused-ring (bicyclic) bond motifs is 1. The van der Waals surface area contributed by atoms with E-state index in [9.17, 15) is 4.79 Å². The van der Waals surface area contributed by atoms with Crippen LogP contribution in [0.3, 0.4) is 0 Å². The van der Waals surface area contributed by atoms with Crippen LogP contribution in [0.25, 0.3) is 0 Å². The van der Waals surface area contributed by atoms with Gasteiger partial charge in [0.25, 0.3) is 0 Å². The molecule has 1 amide bonds. The lowest BCUT2D eigenvalue weighted by molar-refractivity contribution is -0.117. The number of anilines is 2. The Morgan fingerprint density at radius 3 is 2.80 bits per heavy atom. The summed E-state index contributed by atoms with van der Waals surface area (Å²) >= 11 is 0. The second-order valence-corrected chi connectivity index (χ2v) is 3.97. The molecule has 3 nitrogen and oxygen atoms in total. The first kappa shape index (κ1) is 10.0. The van der Waals surface area contributed by atoms with Crippen LogP contribution in [-0.4, -0.2) is 19.0 Å². The van der Waals surface area contributed by atoms with Gasteiger partial charge in [-0.15, -0.1) is 0 Å². The molecule has 0 aromatic heterocycles. The summed E-state index contributed by atoms with van der Waals surface area (Å²) in [6.07, 6.45) is 0. The first-order valence-corrected chi connectivity index (χ1v) is 5.29. The Morgan fingerprint density at radius 2 is 2.13 bits per heavy atom. The van der Waals surface area contributed by atoms with Gasteiger partial charge in [-0.25, -0.2) is 0 Å². The number of hydrogen-bond acceptors (Lipinski definition) is 2.